The van der Waals surface area contributed by atoms with Gasteiger partial charge in [0, 0.05) is 5.70 Å². The zero-order valence-corrected chi connectivity index (χ0v) is 13.4. The number of nitriles is 1. The number of carbonyl (C=O) groups is 2. The number of dihydropyridines is 1. The van der Waals surface area contributed by atoms with Gasteiger partial charge in [-0.15, -0.1) is 0 Å². The molecule has 7 nitrogen and oxygen atoms in total. The van der Waals surface area contributed by atoms with Gasteiger partial charge in [0.25, 0.3) is 0 Å². The molecule has 3 N–H and O–H groups in total. The molecule has 0 bridgehead atoms. The molecule has 1 unspecified atom stereocenters. The highest BCUT2D eigenvalue weighted by molar-refractivity contribution is 8.03. The maximum absolute atomic E-state index is 11.8. The van der Waals surface area contributed by atoms with E-state index in [0.29, 0.717) is 16.5 Å². The number of thioether (sulfide) groups is 1. The monoisotopic (exact) mass is 333 g/mol. The minimum Gasteiger partial charge on any atom is -0.468 e. The number of nitrogens with two attached hydrogens (primary N) is 1. The number of allylic oxidation sites excluding steroid dienone is 2. The predicted molar refractivity (Wildman–Crippen MR) is 83.6 cm³/mol. The standard InChI is InChI=1S/C15H15N3O4S/c1-8-12(14(17)20)13(10-4-3-5-22-10)9(6-16)15(18-8)23-7-11(19)21-2/h3-5,13,18H,7H2,1-2H3,(H2,17,20). The zero-order chi connectivity index (χ0) is 17.0. The average molecular weight is 333 g/mol. The molecular formula is C15H15N3O4S. The Hall–Kier alpha value is -2.66. The summed E-state index contributed by atoms with van der Waals surface area (Å²) in [7, 11) is 1.29. The molecule has 2 heterocycles. The van der Waals surface area contributed by atoms with Gasteiger partial charge in [-0.25, -0.2) is 0 Å². The Morgan fingerprint density at radius 2 is 2.30 bits per heavy atom. The lowest BCUT2D eigenvalue weighted by atomic mass is 9.86. The second-order valence-corrected chi connectivity index (χ2v) is 5.68. The van der Waals surface area contributed by atoms with Crippen molar-refractivity contribution in [3.05, 3.63) is 46.0 Å². The van der Waals surface area contributed by atoms with E-state index < -0.39 is 17.8 Å². The van der Waals surface area contributed by atoms with E-state index in [9.17, 15) is 14.9 Å². The third-order valence-electron chi connectivity index (χ3n) is 3.30. The molecule has 0 radical (unpaired) electrons. The van der Waals surface area contributed by atoms with Gasteiger partial charge >= 0.3 is 5.97 Å². The van der Waals surface area contributed by atoms with Crippen LogP contribution in [0.3, 0.4) is 0 Å². The summed E-state index contributed by atoms with van der Waals surface area (Å²) in [5.74, 6) is -1.28. The van der Waals surface area contributed by atoms with E-state index in [2.05, 4.69) is 16.1 Å². The number of esters is 1. The third-order valence-corrected chi connectivity index (χ3v) is 4.29. The lowest BCUT2D eigenvalue weighted by molar-refractivity contribution is -0.137. The number of furan rings is 1. The molecule has 0 aromatic carbocycles. The molecule has 1 aliphatic heterocycles. The molecule has 0 saturated carbocycles. The lowest BCUT2D eigenvalue weighted by Gasteiger charge is -2.27. The van der Waals surface area contributed by atoms with Gasteiger partial charge in [-0.3, -0.25) is 9.59 Å². The highest BCUT2D eigenvalue weighted by atomic mass is 32.2. The summed E-state index contributed by atoms with van der Waals surface area (Å²) in [6.45, 7) is 1.68. The van der Waals surface area contributed by atoms with E-state index in [1.54, 1.807) is 19.1 Å². The Kier molecular flexibility index (Phi) is 5.13. The van der Waals surface area contributed by atoms with Crippen LogP contribution in [0.2, 0.25) is 0 Å². The van der Waals surface area contributed by atoms with Gasteiger partial charge in [0.2, 0.25) is 5.91 Å². The molecule has 8 heteroatoms. The number of ether oxygens (including phenoxy) is 1. The summed E-state index contributed by atoms with van der Waals surface area (Å²) in [4.78, 5) is 23.2. The van der Waals surface area contributed by atoms with Crippen LogP contribution in [-0.4, -0.2) is 24.7 Å². The van der Waals surface area contributed by atoms with Crippen LogP contribution in [0.25, 0.3) is 0 Å². The number of hydrogen-bond acceptors (Lipinski definition) is 7. The van der Waals surface area contributed by atoms with Crippen LogP contribution in [0, 0.1) is 11.3 Å². The maximum atomic E-state index is 11.8. The van der Waals surface area contributed by atoms with Gasteiger partial charge in [-0.1, -0.05) is 11.8 Å². The summed E-state index contributed by atoms with van der Waals surface area (Å²) in [5, 5.41) is 13.0. The highest BCUT2D eigenvalue weighted by Crippen LogP contribution is 2.40. The lowest BCUT2D eigenvalue weighted by Crippen LogP contribution is -2.31. The number of methoxy groups -OCH3 is 1. The number of hydrogen-bond donors (Lipinski definition) is 2. The molecule has 1 amide bonds. The van der Waals surface area contributed by atoms with Gasteiger partial charge in [0.1, 0.15) is 5.76 Å². The molecule has 0 aliphatic carbocycles. The van der Waals surface area contributed by atoms with Crippen molar-refractivity contribution in [1.29, 1.82) is 5.26 Å². The topological polar surface area (TPSA) is 118 Å². The third kappa shape index (κ3) is 3.40. The van der Waals surface area contributed by atoms with E-state index >= 15 is 0 Å². The largest absolute Gasteiger partial charge is 0.468 e. The Morgan fingerprint density at radius 1 is 1.57 bits per heavy atom. The first-order chi connectivity index (χ1) is 11.0. The van der Waals surface area contributed by atoms with Crippen molar-refractivity contribution in [3.8, 4) is 6.07 Å². The predicted octanol–water partition coefficient (Wildman–Crippen LogP) is 1.37. The van der Waals surface area contributed by atoms with Crippen molar-refractivity contribution in [3.63, 3.8) is 0 Å². The normalized spacial score (nSPS) is 17.5. The fourth-order valence-electron chi connectivity index (χ4n) is 2.28. The van der Waals surface area contributed by atoms with E-state index in [0.717, 1.165) is 11.8 Å². The fraction of sp³-hybridized carbons (Fsp3) is 0.267. The number of carbonyl (C=O) groups excluding carboxylic acids is 2. The van der Waals surface area contributed by atoms with Crippen molar-refractivity contribution in [2.24, 2.45) is 5.73 Å². The first-order valence-corrected chi connectivity index (χ1v) is 7.63. The Labute approximate surface area is 137 Å². The van der Waals surface area contributed by atoms with Gasteiger partial charge in [-0.2, -0.15) is 5.26 Å². The van der Waals surface area contributed by atoms with E-state index in [1.807, 2.05) is 0 Å². The van der Waals surface area contributed by atoms with E-state index in [4.69, 9.17) is 10.2 Å². The van der Waals surface area contributed by atoms with Gasteiger partial charge in [0.05, 0.1) is 47.3 Å². The molecular weight excluding hydrogens is 318 g/mol. The van der Waals surface area contributed by atoms with Gasteiger partial charge in [0.15, 0.2) is 0 Å². The Bertz CT molecular complexity index is 728. The molecule has 1 aliphatic rings. The molecule has 0 spiro atoms. The SMILES string of the molecule is COC(=O)CSC1=C(C#N)C(c2ccco2)C(C(N)=O)=C(C)N1. The highest BCUT2D eigenvalue weighted by Gasteiger charge is 2.35. The van der Waals surface area contributed by atoms with Gasteiger partial charge < -0.3 is 20.2 Å². The number of nitrogens with one attached hydrogen (secondary N) is 1. The number of primary amides is 1. The van der Waals surface area contributed by atoms with Crippen molar-refractivity contribution in [2.75, 3.05) is 12.9 Å². The van der Waals surface area contributed by atoms with E-state index in [1.165, 1.54) is 13.4 Å². The minimum absolute atomic E-state index is 0.0358. The first kappa shape index (κ1) is 16.7. The number of amides is 1. The second-order valence-electron chi connectivity index (χ2n) is 4.70. The summed E-state index contributed by atoms with van der Waals surface area (Å²) in [6.07, 6.45) is 1.46. The van der Waals surface area contributed by atoms with Crippen LogP contribution >= 0.6 is 11.8 Å². The molecule has 120 valence electrons. The van der Waals surface area contributed by atoms with Crippen LogP contribution in [0.1, 0.15) is 18.6 Å². The molecule has 1 aromatic rings. The minimum atomic E-state index is -0.700. The Balaban J connectivity index is 2.47. The molecule has 0 fully saturated rings. The Morgan fingerprint density at radius 3 is 2.83 bits per heavy atom. The fourth-order valence-corrected chi connectivity index (χ4v) is 3.21. The van der Waals surface area contributed by atoms with Crippen molar-refractivity contribution < 1.29 is 18.7 Å². The van der Waals surface area contributed by atoms with Gasteiger partial charge in [-0.05, 0) is 19.1 Å². The zero-order valence-electron chi connectivity index (χ0n) is 12.6. The molecule has 1 atom stereocenters. The average Bonchev–Trinajstić information content (AvgIpc) is 3.05. The molecule has 0 saturated heterocycles. The van der Waals surface area contributed by atoms with Crippen LogP contribution in [0.4, 0.5) is 0 Å². The van der Waals surface area contributed by atoms with Crippen molar-refractivity contribution in [2.45, 2.75) is 12.8 Å². The van der Waals surface area contributed by atoms with Crippen LogP contribution < -0.4 is 11.1 Å². The summed E-state index contributed by atoms with van der Waals surface area (Å²) >= 11 is 1.12. The van der Waals surface area contributed by atoms with E-state index in [-0.39, 0.29) is 16.9 Å². The van der Waals surface area contributed by atoms with Crippen LogP contribution in [0.15, 0.2) is 44.7 Å². The number of nitrogens with zero attached hydrogens (tertiary/aromatic N) is 1. The van der Waals surface area contributed by atoms with Crippen molar-refractivity contribution in [1.82, 2.24) is 5.32 Å². The number of rotatable bonds is 5. The van der Waals surface area contributed by atoms with Crippen molar-refractivity contribution >= 4 is 23.6 Å². The summed E-state index contributed by atoms with van der Waals surface area (Å²) in [6, 6.07) is 5.42. The van der Waals surface area contributed by atoms with Crippen LogP contribution in [0.5, 0.6) is 0 Å². The summed E-state index contributed by atoms with van der Waals surface area (Å²) in [5.41, 5.74) is 6.52. The summed E-state index contributed by atoms with van der Waals surface area (Å²) < 4.78 is 9.97. The second kappa shape index (κ2) is 7.07. The quantitative estimate of drug-likeness (QED) is 0.781. The maximum Gasteiger partial charge on any atom is 0.316 e. The molecule has 2 rings (SSSR count). The first-order valence-electron chi connectivity index (χ1n) is 6.64. The van der Waals surface area contributed by atoms with Crippen LogP contribution in [-0.2, 0) is 14.3 Å². The smallest absolute Gasteiger partial charge is 0.316 e. The molecule has 23 heavy (non-hydrogen) atoms. The molecule has 1 aromatic heterocycles.